The van der Waals surface area contributed by atoms with Crippen LogP contribution in [-0.2, 0) is 14.6 Å². The molecule has 6 heteroatoms. The molecule has 0 aromatic carbocycles. The molecular formula is C11H24N2O3S. The van der Waals surface area contributed by atoms with Crippen LogP contribution in [-0.4, -0.2) is 70.8 Å². The van der Waals surface area contributed by atoms with Crippen LogP contribution in [0, 0.1) is 0 Å². The van der Waals surface area contributed by atoms with E-state index in [1.807, 2.05) is 14.0 Å². The average Bonchev–Trinajstić information content (AvgIpc) is 2.28. The molecule has 1 saturated heterocycles. The molecule has 0 aliphatic carbocycles. The van der Waals surface area contributed by atoms with Gasteiger partial charge >= 0.3 is 0 Å². The maximum absolute atomic E-state index is 11.7. The molecule has 1 aliphatic heterocycles. The van der Waals surface area contributed by atoms with Gasteiger partial charge in [-0.3, -0.25) is 4.90 Å². The molecule has 0 aromatic rings. The first-order valence-electron chi connectivity index (χ1n) is 6.26. The van der Waals surface area contributed by atoms with Crippen molar-refractivity contribution in [1.82, 2.24) is 10.2 Å². The monoisotopic (exact) mass is 264 g/mol. The van der Waals surface area contributed by atoms with Crippen LogP contribution < -0.4 is 5.32 Å². The fourth-order valence-corrected chi connectivity index (χ4v) is 3.42. The Bertz CT molecular complexity index is 304. The summed E-state index contributed by atoms with van der Waals surface area (Å²) in [5, 5.41) is 3.12. The van der Waals surface area contributed by atoms with Gasteiger partial charge in [-0.15, -0.1) is 0 Å². The standard InChI is InChI=1S/C11H24N2O3S/c1-3-7-17(14,15)8-5-13-4-6-16-10-11(13)9-12-2/h11-12H,3-10H2,1-2H3. The highest BCUT2D eigenvalue weighted by atomic mass is 32.2. The van der Waals surface area contributed by atoms with Crippen LogP contribution in [0.25, 0.3) is 0 Å². The molecule has 17 heavy (non-hydrogen) atoms. The number of rotatable bonds is 7. The van der Waals surface area contributed by atoms with Gasteiger partial charge in [0.05, 0.1) is 19.0 Å². The van der Waals surface area contributed by atoms with Gasteiger partial charge in [0, 0.05) is 31.4 Å². The molecule has 1 fully saturated rings. The quantitative estimate of drug-likeness (QED) is 0.686. The molecule has 1 N–H and O–H groups in total. The Morgan fingerprint density at radius 1 is 1.41 bits per heavy atom. The fraction of sp³-hybridized carbons (Fsp3) is 1.00. The van der Waals surface area contributed by atoms with Crippen molar-refractivity contribution in [3.05, 3.63) is 0 Å². The zero-order chi connectivity index (χ0) is 12.7. The van der Waals surface area contributed by atoms with Gasteiger partial charge in [0.1, 0.15) is 0 Å². The van der Waals surface area contributed by atoms with E-state index in [4.69, 9.17) is 4.74 Å². The van der Waals surface area contributed by atoms with Crippen molar-refractivity contribution < 1.29 is 13.2 Å². The first-order chi connectivity index (χ1) is 8.09. The molecular weight excluding hydrogens is 240 g/mol. The Morgan fingerprint density at radius 3 is 2.82 bits per heavy atom. The SMILES string of the molecule is CCCS(=O)(=O)CCN1CCOCC1CNC. The molecule has 0 radical (unpaired) electrons. The van der Waals surface area contributed by atoms with Gasteiger partial charge in [0.2, 0.25) is 0 Å². The molecule has 1 rings (SSSR count). The largest absolute Gasteiger partial charge is 0.378 e. The van der Waals surface area contributed by atoms with Crippen LogP contribution in [0.3, 0.4) is 0 Å². The topological polar surface area (TPSA) is 58.6 Å². The van der Waals surface area contributed by atoms with Gasteiger partial charge in [0.15, 0.2) is 9.84 Å². The minimum atomic E-state index is -2.87. The molecule has 1 unspecified atom stereocenters. The lowest BCUT2D eigenvalue weighted by atomic mass is 10.2. The minimum Gasteiger partial charge on any atom is -0.378 e. The summed E-state index contributed by atoms with van der Waals surface area (Å²) in [4.78, 5) is 2.22. The number of likely N-dealkylation sites (N-methyl/N-ethyl adjacent to an activating group) is 1. The summed E-state index contributed by atoms with van der Waals surface area (Å²) in [6.07, 6.45) is 0.700. The predicted octanol–water partition coefficient (Wildman–Crippen LogP) is -0.269. The van der Waals surface area contributed by atoms with E-state index in [-0.39, 0.29) is 5.75 Å². The van der Waals surface area contributed by atoms with Crippen molar-refractivity contribution in [2.45, 2.75) is 19.4 Å². The zero-order valence-electron chi connectivity index (χ0n) is 10.8. The molecule has 1 atom stereocenters. The lowest BCUT2D eigenvalue weighted by Crippen LogP contribution is -2.51. The first-order valence-corrected chi connectivity index (χ1v) is 8.08. The van der Waals surface area contributed by atoms with E-state index < -0.39 is 9.84 Å². The summed E-state index contributed by atoms with van der Waals surface area (Å²) >= 11 is 0. The number of sulfone groups is 1. The van der Waals surface area contributed by atoms with E-state index in [0.717, 1.165) is 13.1 Å². The van der Waals surface area contributed by atoms with Crippen molar-refractivity contribution in [2.75, 3.05) is 51.4 Å². The smallest absolute Gasteiger partial charge is 0.151 e. The van der Waals surface area contributed by atoms with Gasteiger partial charge < -0.3 is 10.1 Å². The maximum atomic E-state index is 11.7. The Kier molecular flexibility index (Phi) is 6.40. The minimum absolute atomic E-state index is 0.265. The molecule has 1 heterocycles. The summed E-state index contributed by atoms with van der Waals surface area (Å²) in [7, 11) is -0.969. The third-order valence-corrected chi connectivity index (χ3v) is 4.83. The van der Waals surface area contributed by atoms with Crippen LogP contribution >= 0.6 is 0 Å². The number of hydrogen-bond acceptors (Lipinski definition) is 5. The molecule has 1 aliphatic rings. The lowest BCUT2D eigenvalue weighted by molar-refractivity contribution is -0.00314. The second-order valence-electron chi connectivity index (χ2n) is 4.47. The molecule has 0 amide bonds. The highest BCUT2D eigenvalue weighted by Crippen LogP contribution is 2.07. The summed E-state index contributed by atoms with van der Waals surface area (Å²) in [6.45, 7) is 5.58. The van der Waals surface area contributed by atoms with Crippen molar-refractivity contribution in [3.8, 4) is 0 Å². The molecule has 0 bridgehead atoms. The summed E-state index contributed by atoms with van der Waals surface area (Å²) in [6, 6.07) is 0.297. The normalized spacial score (nSPS) is 22.8. The van der Waals surface area contributed by atoms with E-state index >= 15 is 0 Å². The van der Waals surface area contributed by atoms with Gasteiger partial charge in [-0.05, 0) is 13.5 Å². The van der Waals surface area contributed by atoms with Crippen LogP contribution in [0.15, 0.2) is 0 Å². The Labute approximate surface area is 104 Å². The van der Waals surface area contributed by atoms with Crippen LogP contribution in [0.5, 0.6) is 0 Å². The third kappa shape index (κ3) is 5.33. The number of nitrogens with zero attached hydrogens (tertiary/aromatic N) is 1. The number of nitrogens with one attached hydrogen (secondary N) is 1. The van der Waals surface area contributed by atoms with Gasteiger partial charge in [-0.25, -0.2) is 8.42 Å². The van der Waals surface area contributed by atoms with Crippen molar-refractivity contribution in [1.29, 1.82) is 0 Å². The van der Waals surface area contributed by atoms with E-state index in [2.05, 4.69) is 10.2 Å². The van der Waals surface area contributed by atoms with Gasteiger partial charge in [-0.1, -0.05) is 6.92 Å². The number of ether oxygens (including phenoxy) is 1. The Balaban J connectivity index is 2.42. The maximum Gasteiger partial charge on any atom is 0.151 e. The average molecular weight is 264 g/mol. The molecule has 0 aromatic heterocycles. The third-order valence-electron chi connectivity index (χ3n) is 2.99. The zero-order valence-corrected chi connectivity index (χ0v) is 11.6. The highest BCUT2D eigenvalue weighted by molar-refractivity contribution is 7.91. The van der Waals surface area contributed by atoms with Crippen LogP contribution in [0.4, 0.5) is 0 Å². The number of hydrogen-bond donors (Lipinski definition) is 1. The second-order valence-corrected chi connectivity index (χ2v) is 6.78. The van der Waals surface area contributed by atoms with Crippen molar-refractivity contribution in [2.24, 2.45) is 0 Å². The van der Waals surface area contributed by atoms with Crippen molar-refractivity contribution >= 4 is 9.84 Å². The predicted molar refractivity (Wildman–Crippen MR) is 69.1 cm³/mol. The summed E-state index contributed by atoms with van der Waals surface area (Å²) < 4.78 is 28.7. The number of morpholine rings is 1. The van der Waals surface area contributed by atoms with E-state index in [1.54, 1.807) is 0 Å². The van der Waals surface area contributed by atoms with Gasteiger partial charge in [-0.2, -0.15) is 0 Å². The molecule has 0 spiro atoms. The van der Waals surface area contributed by atoms with Crippen molar-refractivity contribution in [3.63, 3.8) is 0 Å². The fourth-order valence-electron chi connectivity index (χ4n) is 2.08. The van der Waals surface area contributed by atoms with E-state index in [1.165, 1.54) is 0 Å². The highest BCUT2D eigenvalue weighted by Gasteiger charge is 2.23. The molecule has 5 nitrogen and oxygen atoms in total. The van der Waals surface area contributed by atoms with Crippen LogP contribution in [0.2, 0.25) is 0 Å². The van der Waals surface area contributed by atoms with E-state index in [9.17, 15) is 8.42 Å². The summed E-state index contributed by atoms with van der Waals surface area (Å²) in [5.41, 5.74) is 0. The Morgan fingerprint density at radius 2 is 2.18 bits per heavy atom. The van der Waals surface area contributed by atoms with E-state index in [0.29, 0.717) is 38.0 Å². The molecule has 102 valence electrons. The Hall–Kier alpha value is -0.170. The molecule has 0 saturated carbocycles. The summed E-state index contributed by atoms with van der Waals surface area (Å²) in [5.74, 6) is 0.565. The lowest BCUT2D eigenvalue weighted by Gasteiger charge is -2.35. The van der Waals surface area contributed by atoms with Crippen LogP contribution in [0.1, 0.15) is 13.3 Å². The second kappa shape index (κ2) is 7.31. The van der Waals surface area contributed by atoms with Gasteiger partial charge in [0.25, 0.3) is 0 Å². The first kappa shape index (κ1) is 14.9.